The molecule has 3 rings (SSSR count). The highest BCUT2D eigenvalue weighted by Crippen LogP contribution is 2.24. The molecule has 0 radical (unpaired) electrons. The normalized spacial score (nSPS) is 22.4. The molecular weight excluding hydrogens is 258 g/mol. The number of benzene rings is 2. The predicted octanol–water partition coefficient (Wildman–Crippen LogP) is 4.52. The van der Waals surface area contributed by atoms with Gasteiger partial charge in [-0.2, -0.15) is 0 Å². The lowest BCUT2D eigenvalue weighted by molar-refractivity contribution is 0.306. The van der Waals surface area contributed by atoms with Gasteiger partial charge in [0, 0.05) is 12.6 Å². The van der Waals surface area contributed by atoms with Crippen LogP contribution in [-0.2, 0) is 6.54 Å². The van der Waals surface area contributed by atoms with E-state index in [1.54, 1.807) is 7.11 Å². The zero-order chi connectivity index (χ0) is 14.7. The molecule has 0 bridgehead atoms. The zero-order valence-electron chi connectivity index (χ0n) is 13.1. The largest absolute Gasteiger partial charge is 0.497 e. The highest BCUT2D eigenvalue weighted by atomic mass is 16.5. The third kappa shape index (κ3) is 3.56. The zero-order valence-corrected chi connectivity index (χ0v) is 13.1. The molecule has 2 aromatic rings. The van der Waals surface area contributed by atoms with E-state index >= 15 is 0 Å². The smallest absolute Gasteiger partial charge is 0.119 e. The van der Waals surface area contributed by atoms with Crippen LogP contribution in [0.25, 0.3) is 10.8 Å². The van der Waals surface area contributed by atoms with Crippen LogP contribution >= 0.6 is 0 Å². The van der Waals surface area contributed by atoms with E-state index in [0.717, 1.165) is 18.2 Å². The van der Waals surface area contributed by atoms with Crippen molar-refractivity contribution in [1.82, 2.24) is 5.32 Å². The number of hydrogen-bond donors (Lipinski definition) is 1. The number of nitrogens with one attached hydrogen (secondary N) is 1. The summed E-state index contributed by atoms with van der Waals surface area (Å²) < 4.78 is 5.28. The van der Waals surface area contributed by atoms with Gasteiger partial charge in [0.25, 0.3) is 0 Å². The van der Waals surface area contributed by atoms with Crippen molar-refractivity contribution >= 4 is 10.8 Å². The van der Waals surface area contributed by atoms with Gasteiger partial charge in [-0.15, -0.1) is 0 Å². The summed E-state index contributed by atoms with van der Waals surface area (Å²) in [6.45, 7) is 3.34. The van der Waals surface area contributed by atoms with Crippen LogP contribution < -0.4 is 10.1 Å². The Morgan fingerprint density at radius 2 is 1.71 bits per heavy atom. The maximum atomic E-state index is 5.28. The first-order chi connectivity index (χ1) is 10.2. The molecule has 0 amide bonds. The standard InChI is InChI=1S/C19H25NO/c1-14-3-8-18(9-4-14)20-13-15-5-6-17-12-19(21-2)10-7-16(17)11-15/h5-7,10-12,14,18,20H,3-4,8-9,13H2,1-2H3. The molecule has 1 N–H and O–H groups in total. The van der Waals surface area contributed by atoms with Gasteiger partial charge in [0.05, 0.1) is 7.11 Å². The van der Waals surface area contributed by atoms with Crippen molar-refractivity contribution in [2.75, 3.05) is 7.11 Å². The van der Waals surface area contributed by atoms with Gasteiger partial charge in [-0.05, 0) is 66.1 Å². The van der Waals surface area contributed by atoms with Crippen LogP contribution in [-0.4, -0.2) is 13.2 Å². The van der Waals surface area contributed by atoms with Crippen molar-refractivity contribution in [2.45, 2.75) is 45.2 Å². The van der Waals surface area contributed by atoms with Gasteiger partial charge in [-0.3, -0.25) is 0 Å². The van der Waals surface area contributed by atoms with Gasteiger partial charge in [0.15, 0.2) is 0 Å². The molecule has 2 nitrogen and oxygen atoms in total. The van der Waals surface area contributed by atoms with Crippen LogP contribution in [0.4, 0.5) is 0 Å². The summed E-state index contributed by atoms with van der Waals surface area (Å²) in [5.41, 5.74) is 1.37. The molecule has 112 valence electrons. The first-order valence-electron chi connectivity index (χ1n) is 8.04. The second-order valence-corrected chi connectivity index (χ2v) is 6.39. The third-order valence-corrected chi connectivity index (χ3v) is 4.72. The molecule has 0 aliphatic heterocycles. The van der Waals surface area contributed by atoms with Crippen LogP contribution in [0.5, 0.6) is 5.75 Å². The Hall–Kier alpha value is -1.54. The van der Waals surface area contributed by atoms with Crippen molar-refractivity contribution in [1.29, 1.82) is 0 Å². The molecule has 1 aliphatic carbocycles. The van der Waals surface area contributed by atoms with Crippen LogP contribution in [0.1, 0.15) is 38.2 Å². The molecule has 1 saturated carbocycles. The number of rotatable bonds is 4. The van der Waals surface area contributed by atoms with Crippen molar-refractivity contribution in [2.24, 2.45) is 5.92 Å². The molecule has 2 aromatic carbocycles. The molecule has 0 spiro atoms. The van der Waals surface area contributed by atoms with E-state index in [1.165, 1.54) is 42.0 Å². The molecule has 1 aliphatic rings. The Morgan fingerprint density at radius 1 is 1.00 bits per heavy atom. The van der Waals surface area contributed by atoms with E-state index in [9.17, 15) is 0 Å². The first kappa shape index (κ1) is 14.4. The highest BCUT2D eigenvalue weighted by molar-refractivity contribution is 5.84. The molecule has 0 atom stereocenters. The molecule has 1 fully saturated rings. The van der Waals surface area contributed by atoms with Gasteiger partial charge in [0.1, 0.15) is 5.75 Å². The summed E-state index contributed by atoms with van der Waals surface area (Å²) >= 11 is 0. The number of ether oxygens (including phenoxy) is 1. The quantitative estimate of drug-likeness (QED) is 0.891. The summed E-state index contributed by atoms with van der Waals surface area (Å²) in [7, 11) is 1.71. The summed E-state index contributed by atoms with van der Waals surface area (Å²) in [4.78, 5) is 0. The molecular formula is C19H25NO. The lowest BCUT2D eigenvalue weighted by Gasteiger charge is -2.27. The van der Waals surface area contributed by atoms with Crippen LogP contribution in [0.3, 0.4) is 0 Å². The van der Waals surface area contributed by atoms with Gasteiger partial charge < -0.3 is 10.1 Å². The number of hydrogen-bond acceptors (Lipinski definition) is 2. The summed E-state index contributed by atoms with van der Waals surface area (Å²) in [5, 5.41) is 6.25. The topological polar surface area (TPSA) is 21.3 Å². The monoisotopic (exact) mass is 283 g/mol. The highest BCUT2D eigenvalue weighted by Gasteiger charge is 2.17. The predicted molar refractivity (Wildman–Crippen MR) is 88.8 cm³/mol. The van der Waals surface area contributed by atoms with Gasteiger partial charge in [-0.1, -0.05) is 25.1 Å². The van der Waals surface area contributed by atoms with E-state index in [-0.39, 0.29) is 0 Å². The molecule has 0 unspecified atom stereocenters. The van der Waals surface area contributed by atoms with Crippen molar-refractivity contribution in [3.63, 3.8) is 0 Å². The summed E-state index contributed by atoms with van der Waals surface area (Å²) in [5.74, 6) is 1.84. The fourth-order valence-electron chi connectivity index (χ4n) is 3.24. The van der Waals surface area contributed by atoms with E-state index in [0.29, 0.717) is 6.04 Å². The van der Waals surface area contributed by atoms with E-state index in [1.807, 2.05) is 6.07 Å². The SMILES string of the molecule is COc1ccc2cc(CNC3CCC(C)CC3)ccc2c1. The molecule has 21 heavy (non-hydrogen) atoms. The van der Waals surface area contributed by atoms with Gasteiger partial charge in [-0.25, -0.2) is 0 Å². The van der Waals surface area contributed by atoms with Crippen molar-refractivity contribution in [3.8, 4) is 5.75 Å². The van der Waals surface area contributed by atoms with Crippen LogP contribution in [0.2, 0.25) is 0 Å². The molecule has 0 saturated heterocycles. The van der Waals surface area contributed by atoms with E-state index in [2.05, 4.69) is 42.6 Å². The van der Waals surface area contributed by atoms with E-state index in [4.69, 9.17) is 4.74 Å². The third-order valence-electron chi connectivity index (χ3n) is 4.72. The first-order valence-corrected chi connectivity index (χ1v) is 8.04. The minimum atomic E-state index is 0.702. The fourth-order valence-corrected chi connectivity index (χ4v) is 3.24. The Kier molecular flexibility index (Phi) is 4.45. The Balaban J connectivity index is 1.64. The van der Waals surface area contributed by atoms with Crippen LogP contribution in [0, 0.1) is 5.92 Å². The average molecular weight is 283 g/mol. The Bertz CT molecular complexity index is 600. The Labute approximate surface area is 127 Å². The lowest BCUT2D eigenvalue weighted by atomic mass is 9.87. The second-order valence-electron chi connectivity index (χ2n) is 6.39. The maximum absolute atomic E-state index is 5.28. The summed E-state index contributed by atoms with van der Waals surface area (Å²) in [6, 6.07) is 13.7. The van der Waals surface area contributed by atoms with Gasteiger partial charge in [0.2, 0.25) is 0 Å². The molecule has 0 aromatic heterocycles. The fraction of sp³-hybridized carbons (Fsp3) is 0.474. The van der Waals surface area contributed by atoms with Crippen LogP contribution in [0.15, 0.2) is 36.4 Å². The number of methoxy groups -OCH3 is 1. The Morgan fingerprint density at radius 3 is 2.48 bits per heavy atom. The minimum absolute atomic E-state index is 0.702. The number of fused-ring (bicyclic) bond motifs is 1. The van der Waals surface area contributed by atoms with Crippen molar-refractivity contribution < 1.29 is 4.74 Å². The van der Waals surface area contributed by atoms with E-state index < -0.39 is 0 Å². The molecule has 0 heterocycles. The van der Waals surface area contributed by atoms with Gasteiger partial charge >= 0.3 is 0 Å². The minimum Gasteiger partial charge on any atom is -0.497 e. The van der Waals surface area contributed by atoms with Crippen molar-refractivity contribution in [3.05, 3.63) is 42.0 Å². The lowest BCUT2D eigenvalue weighted by Crippen LogP contribution is -2.32. The molecule has 2 heteroatoms. The average Bonchev–Trinajstić information content (AvgIpc) is 2.53. The summed E-state index contributed by atoms with van der Waals surface area (Å²) in [6.07, 6.45) is 5.39. The second kappa shape index (κ2) is 6.48. The maximum Gasteiger partial charge on any atom is 0.119 e.